The molecular formula is C18H21N3O. The van der Waals surface area contributed by atoms with Crippen LogP contribution < -0.4 is 5.43 Å². The Hall–Kier alpha value is -2.49. The van der Waals surface area contributed by atoms with Crippen LogP contribution in [0.1, 0.15) is 49.3 Å². The van der Waals surface area contributed by atoms with Gasteiger partial charge >= 0.3 is 0 Å². The van der Waals surface area contributed by atoms with E-state index in [1.807, 2.05) is 19.1 Å². The van der Waals surface area contributed by atoms with Gasteiger partial charge in [-0.15, -0.1) is 0 Å². The molecule has 2 rings (SSSR count). The number of nitrogens with zero attached hydrogens (tertiary/aromatic N) is 2. The summed E-state index contributed by atoms with van der Waals surface area (Å²) in [6.45, 7) is 8.40. The van der Waals surface area contributed by atoms with E-state index in [2.05, 4.69) is 48.4 Å². The van der Waals surface area contributed by atoms with Gasteiger partial charge in [-0.05, 0) is 35.6 Å². The van der Waals surface area contributed by atoms with E-state index < -0.39 is 0 Å². The maximum Gasteiger partial charge on any atom is 0.289 e. The Kier molecular flexibility index (Phi) is 4.71. The largest absolute Gasteiger partial charge is 0.289 e. The highest BCUT2D eigenvalue weighted by atomic mass is 16.2. The van der Waals surface area contributed by atoms with Gasteiger partial charge in [0.25, 0.3) is 5.91 Å². The summed E-state index contributed by atoms with van der Waals surface area (Å²) in [6, 6.07) is 13.4. The molecule has 2 aromatic rings. The van der Waals surface area contributed by atoms with Crippen molar-refractivity contribution in [1.29, 1.82) is 0 Å². The molecule has 1 heterocycles. The van der Waals surface area contributed by atoms with Gasteiger partial charge in [0.1, 0.15) is 5.69 Å². The first kappa shape index (κ1) is 15.9. The van der Waals surface area contributed by atoms with Gasteiger partial charge in [0, 0.05) is 6.20 Å². The Morgan fingerprint density at radius 3 is 2.32 bits per heavy atom. The van der Waals surface area contributed by atoms with E-state index in [1.54, 1.807) is 24.4 Å². The molecule has 4 heteroatoms. The van der Waals surface area contributed by atoms with Gasteiger partial charge in [-0.25, -0.2) is 5.43 Å². The van der Waals surface area contributed by atoms with E-state index in [4.69, 9.17) is 0 Å². The first-order chi connectivity index (χ1) is 10.4. The molecule has 114 valence electrons. The number of nitrogens with one attached hydrogen (secondary N) is 1. The molecule has 0 saturated heterocycles. The van der Waals surface area contributed by atoms with Crippen LogP contribution >= 0.6 is 0 Å². The van der Waals surface area contributed by atoms with E-state index in [0.29, 0.717) is 5.69 Å². The minimum absolute atomic E-state index is 0.122. The summed E-state index contributed by atoms with van der Waals surface area (Å²) < 4.78 is 0. The average Bonchev–Trinajstić information content (AvgIpc) is 2.52. The number of amides is 1. The first-order valence-electron chi connectivity index (χ1n) is 7.24. The van der Waals surface area contributed by atoms with Crippen molar-refractivity contribution in [3.63, 3.8) is 0 Å². The van der Waals surface area contributed by atoms with Crippen LogP contribution in [0.15, 0.2) is 53.8 Å². The quantitative estimate of drug-likeness (QED) is 0.695. The maximum absolute atomic E-state index is 11.9. The molecule has 22 heavy (non-hydrogen) atoms. The molecule has 0 atom stereocenters. The normalized spacial score (nSPS) is 12.1. The van der Waals surface area contributed by atoms with Crippen LogP contribution in [-0.2, 0) is 5.41 Å². The third-order valence-electron chi connectivity index (χ3n) is 3.39. The monoisotopic (exact) mass is 295 g/mol. The molecular weight excluding hydrogens is 274 g/mol. The van der Waals surface area contributed by atoms with Crippen molar-refractivity contribution in [2.45, 2.75) is 33.1 Å². The first-order valence-corrected chi connectivity index (χ1v) is 7.24. The van der Waals surface area contributed by atoms with Crippen LogP contribution in [0.25, 0.3) is 0 Å². The van der Waals surface area contributed by atoms with Gasteiger partial charge in [0.05, 0.1) is 5.71 Å². The summed E-state index contributed by atoms with van der Waals surface area (Å²) in [7, 11) is 0. The van der Waals surface area contributed by atoms with Crippen LogP contribution in [0.2, 0.25) is 0 Å². The highest BCUT2D eigenvalue weighted by Gasteiger charge is 2.13. The predicted molar refractivity (Wildman–Crippen MR) is 89.1 cm³/mol. The van der Waals surface area contributed by atoms with E-state index in [9.17, 15) is 4.79 Å². The predicted octanol–water partition coefficient (Wildman–Crippen LogP) is 3.53. The van der Waals surface area contributed by atoms with Gasteiger partial charge in [-0.3, -0.25) is 9.78 Å². The van der Waals surface area contributed by atoms with Gasteiger partial charge in [0.15, 0.2) is 0 Å². The third kappa shape index (κ3) is 4.01. The van der Waals surface area contributed by atoms with E-state index in [1.165, 1.54) is 5.56 Å². The molecule has 1 aromatic carbocycles. The second-order valence-corrected chi connectivity index (χ2v) is 6.18. The van der Waals surface area contributed by atoms with Gasteiger partial charge in [0.2, 0.25) is 0 Å². The molecule has 0 bridgehead atoms. The van der Waals surface area contributed by atoms with Crippen LogP contribution in [0.4, 0.5) is 0 Å². The van der Waals surface area contributed by atoms with Crippen molar-refractivity contribution in [2.75, 3.05) is 0 Å². The zero-order chi connectivity index (χ0) is 16.2. The number of rotatable bonds is 3. The molecule has 0 aliphatic rings. The summed E-state index contributed by atoms with van der Waals surface area (Å²) in [4.78, 5) is 15.9. The Balaban J connectivity index is 2.08. The van der Waals surface area contributed by atoms with Crippen LogP contribution in [0.5, 0.6) is 0 Å². The molecule has 0 radical (unpaired) electrons. The Labute approximate surface area is 131 Å². The van der Waals surface area contributed by atoms with Crippen LogP contribution in [-0.4, -0.2) is 16.6 Å². The van der Waals surface area contributed by atoms with Crippen molar-refractivity contribution >= 4 is 11.6 Å². The van der Waals surface area contributed by atoms with Gasteiger partial charge in [-0.2, -0.15) is 5.10 Å². The number of benzene rings is 1. The number of hydrazone groups is 1. The fourth-order valence-electron chi connectivity index (χ4n) is 1.96. The molecule has 0 spiro atoms. The molecule has 0 unspecified atom stereocenters. The van der Waals surface area contributed by atoms with E-state index >= 15 is 0 Å². The SMILES string of the molecule is C/C(=N/NC(=O)c1ccccn1)c1ccc(C(C)(C)C)cc1. The Morgan fingerprint density at radius 2 is 1.77 bits per heavy atom. The molecule has 0 aliphatic carbocycles. The third-order valence-corrected chi connectivity index (χ3v) is 3.39. The van der Waals surface area contributed by atoms with Gasteiger partial charge in [-0.1, -0.05) is 51.1 Å². The zero-order valence-corrected chi connectivity index (χ0v) is 13.4. The fraction of sp³-hybridized carbons (Fsp3) is 0.278. The van der Waals surface area contributed by atoms with Crippen molar-refractivity contribution in [3.8, 4) is 0 Å². The molecule has 4 nitrogen and oxygen atoms in total. The lowest BCUT2D eigenvalue weighted by Gasteiger charge is -2.19. The number of carbonyl (C=O) groups is 1. The van der Waals surface area contributed by atoms with Crippen molar-refractivity contribution in [1.82, 2.24) is 10.4 Å². The molecule has 1 N–H and O–H groups in total. The Morgan fingerprint density at radius 1 is 1.09 bits per heavy atom. The van der Waals surface area contributed by atoms with E-state index in [-0.39, 0.29) is 11.3 Å². The number of pyridine rings is 1. The summed E-state index contributed by atoms with van der Waals surface area (Å²) in [5.41, 5.74) is 6.00. The zero-order valence-electron chi connectivity index (χ0n) is 13.4. The smallest absolute Gasteiger partial charge is 0.266 e. The highest BCUT2D eigenvalue weighted by molar-refractivity contribution is 6.00. The lowest BCUT2D eigenvalue weighted by Crippen LogP contribution is -2.20. The number of carbonyl (C=O) groups excluding carboxylic acids is 1. The number of hydrogen-bond acceptors (Lipinski definition) is 3. The summed E-state index contributed by atoms with van der Waals surface area (Å²) >= 11 is 0. The number of aromatic nitrogens is 1. The minimum atomic E-state index is -0.314. The Bertz CT molecular complexity index is 668. The van der Waals surface area contributed by atoms with E-state index in [0.717, 1.165) is 11.3 Å². The maximum atomic E-state index is 11.9. The summed E-state index contributed by atoms with van der Waals surface area (Å²) in [5.74, 6) is -0.314. The standard InChI is InChI=1S/C18H21N3O/c1-13(14-8-10-15(11-9-14)18(2,3)4)20-21-17(22)16-7-5-6-12-19-16/h5-12H,1-4H3,(H,21,22)/b20-13-. The van der Waals surface area contributed by atoms with Crippen molar-refractivity contribution in [2.24, 2.45) is 5.10 Å². The minimum Gasteiger partial charge on any atom is -0.266 e. The van der Waals surface area contributed by atoms with Crippen molar-refractivity contribution < 1.29 is 4.79 Å². The second-order valence-electron chi connectivity index (χ2n) is 6.18. The highest BCUT2D eigenvalue weighted by Crippen LogP contribution is 2.22. The van der Waals surface area contributed by atoms with Gasteiger partial charge < -0.3 is 0 Å². The molecule has 1 aromatic heterocycles. The number of hydrogen-bond donors (Lipinski definition) is 1. The molecule has 0 saturated carbocycles. The second kappa shape index (κ2) is 6.52. The van der Waals surface area contributed by atoms with Crippen LogP contribution in [0, 0.1) is 0 Å². The fourth-order valence-corrected chi connectivity index (χ4v) is 1.96. The lowest BCUT2D eigenvalue weighted by molar-refractivity contribution is 0.0950. The molecule has 0 fully saturated rings. The molecule has 0 aliphatic heterocycles. The van der Waals surface area contributed by atoms with Crippen LogP contribution in [0.3, 0.4) is 0 Å². The topological polar surface area (TPSA) is 54.4 Å². The summed E-state index contributed by atoms with van der Waals surface area (Å²) in [5, 5.41) is 4.14. The lowest BCUT2D eigenvalue weighted by atomic mass is 9.86. The van der Waals surface area contributed by atoms with Crippen molar-refractivity contribution in [3.05, 3.63) is 65.5 Å². The molecule has 1 amide bonds. The average molecular weight is 295 g/mol. The summed E-state index contributed by atoms with van der Waals surface area (Å²) in [6.07, 6.45) is 1.58.